The van der Waals surface area contributed by atoms with E-state index in [0.29, 0.717) is 0 Å². The number of hydrogen-bond acceptors (Lipinski definition) is 1. The minimum Gasteiger partial charge on any atom is -0.341 e. The minimum atomic E-state index is -1.04. The van der Waals surface area contributed by atoms with Gasteiger partial charge in [0, 0.05) is 5.56 Å². The third-order valence-corrected chi connectivity index (χ3v) is 4.00. The molecular weight excluding hydrogens is 320 g/mol. The Labute approximate surface area is 145 Å². The lowest BCUT2D eigenvalue weighted by molar-refractivity contribution is 0.0942. The Morgan fingerprint density at radius 3 is 2.12 bits per heavy atom. The summed E-state index contributed by atoms with van der Waals surface area (Å²) >= 11 is 0. The molecule has 3 rings (SSSR count). The van der Waals surface area contributed by atoms with Crippen LogP contribution in [0.1, 0.15) is 33.1 Å². The molecule has 2 nitrogen and oxygen atoms in total. The van der Waals surface area contributed by atoms with Crippen LogP contribution >= 0.6 is 0 Å². The lowest BCUT2D eigenvalue weighted by Crippen LogP contribution is -2.29. The fraction of sp³-hybridized carbons (Fsp3) is 0.0952. The number of carbonyl (C=O) groups excluding carboxylic acids is 1. The molecule has 0 saturated heterocycles. The molecule has 0 fully saturated rings. The second kappa shape index (κ2) is 7.26. The number of amides is 1. The van der Waals surface area contributed by atoms with Crippen molar-refractivity contribution in [1.82, 2.24) is 5.32 Å². The van der Waals surface area contributed by atoms with Gasteiger partial charge in [-0.25, -0.2) is 8.78 Å². The highest BCUT2D eigenvalue weighted by Crippen LogP contribution is 2.23. The molecule has 1 unspecified atom stereocenters. The molecule has 0 heterocycles. The van der Waals surface area contributed by atoms with Crippen molar-refractivity contribution in [2.75, 3.05) is 0 Å². The molecule has 0 spiro atoms. The highest BCUT2D eigenvalue weighted by Gasteiger charge is 2.18. The number of rotatable bonds is 4. The molecule has 25 heavy (non-hydrogen) atoms. The van der Waals surface area contributed by atoms with E-state index in [1.54, 1.807) is 0 Å². The van der Waals surface area contributed by atoms with Crippen molar-refractivity contribution in [1.29, 1.82) is 0 Å². The molecule has 3 aromatic carbocycles. The predicted octanol–water partition coefficient (Wildman–Crippen LogP) is 4.79. The lowest BCUT2D eigenvalue weighted by Gasteiger charge is -2.20. The zero-order valence-corrected chi connectivity index (χ0v) is 13.7. The Kier molecular flexibility index (Phi) is 4.89. The average Bonchev–Trinajstić information content (AvgIpc) is 2.63. The fourth-order valence-corrected chi connectivity index (χ4v) is 2.62. The SMILES string of the molecule is Cc1ccc(C(NC(=O)c2ccc(F)c(F)c2)c2ccccc2)cc1. The predicted molar refractivity (Wildman–Crippen MR) is 93.3 cm³/mol. The number of carbonyl (C=O) groups is 1. The highest BCUT2D eigenvalue weighted by atomic mass is 19.2. The minimum absolute atomic E-state index is 0.0759. The molecule has 4 heteroatoms. The third kappa shape index (κ3) is 3.91. The molecule has 0 saturated carbocycles. The van der Waals surface area contributed by atoms with Crippen molar-refractivity contribution < 1.29 is 13.6 Å². The van der Waals surface area contributed by atoms with E-state index in [0.717, 1.165) is 28.8 Å². The zero-order valence-electron chi connectivity index (χ0n) is 13.7. The topological polar surface area (TPSA) is 29.1 Å². The van der Waals surface area contributed by atoms with Crippen molar-refractivity contribution >= 4 is 5.91 Å². The van der Waals surface area contributed by atoms with Gasteiger partial charge >= 0.3 is 0 Å². The van der Waals surface area contributed by atoms with Crippen LogP contribution in [-0.2, 0) is 0 Å². The highest BCUT2D eigenvalue weighted by molar-refractivity contribution is 5.94. The maximum absolute atomic E-state index is 13.4. The number of benzene rings is 3. The van der Waals surface area contributed by atoms with Crippen LogP contribution in [0.2, 0.25) is 0 Å². The summed E-state index contributed by atoms with van der Waals surface area (Å²) in [5.41, 5.74) is 3.00. The van der Waals surface area contributed by atoms with E-state index in [1.807, 2.05) is 61.5 Å². The van der Waals surface area contributed by atoms with Gasteiger partial charge in [-0.15, -0.1) is 0 Å². The van der Waals surface area contributed by atoms with Crippen LogP contribution in [0.5, 0.6) is 0 Å². The largest absolute Gasteiger partial charge is 0.341 e. The molecule has 1 atom stereocenters. The average molecular weight is 337 g/mol. The summed E-state index contributed by atoms with van der Waals surface area (Å²) in [6.07, 6.45) is 0. The fourth-order valence-electron chi connectivity index (χ4n) is 2.62. The van der Waals surface area contributed by atoms with Crippen molar-refractivity contribution in [2.45, 2.75) is 13.0 Å². The van der Waals surface area contributed by atoms with E-state index >= 15 is 0 Å². The Balaban J connectivity index is 1.93. The van der Waals surface area contributed by atoms with Gasteiger partial charge in [0.1, 0.15) is 0 Å². The van der Waals surface area contributed by atoms with Crippen molar-refractivity contribution in [2.24, 2.45) is 0 Å². The molecule has 3 aromatic rings. The third-order valence-electron chi connectivity index (χ3n) is 4.00. The van der Waals surface area contributed by atoms with E-state index in [9.17, 15) is 13.6 Å². The normalized spacial score (nSPS) is 11.8. The quantitative estimate of drug-likeness (QED) is 0.728. The van der Waals surface area contributed by atoms with Crippen molar-refractivity contribution in [3.05, 3.63) is 107 Å². The molecule has 0 aliphatic rings. The van der Waals surface area contributed by atoms with Crippen LogP contribution in [0.3, 0.4) is 0 Å². The number of hydrogen-bond donors (Lipinski definition) is 1. The number of nitrogens with one attached hydrogen (secondary N) is 1. The van der Waals surface area contributed by atoms with Gasteiger partial charge in [-0.3, -0.25) is 4.79 Å². The molecule has 0 bridgehead atoms. The maximum Gasteiger partial charge on any atom is 0.252 e. The molecule has 1 N–H and O–H groups in total. The van der Waals surface area contributed by atoms with E-state index in [-0.39, 0.29) is 11.6 Å². The van der Waals surface area contributed by atoms with Gasteiger partial charge in [0.2, 0.25) is 0 Å². The van der Waals surface area contributed by atoms with Crippen LogP contribution < -0.4 is 5.32 Å². The van der Waals surface area contributed by atoms with E-state index in [4.69, 9.17) is 0 Å². The molecule has 126 valence electrons. The van der Waals surface area contributed by atoms with E-state index in [1.165, 1.54) is 6.07 Å². The summed E-state index contributed by atoms with van der Waals surface area (Å²) < 4.78 is 26.5. The summed E-state index contributed by atoms with van der Waals surface area (Å²) in [6.45, 7) is 1.99. The van der Waals surface area contributed by atoms with Gasteiger partial charge in [-0.1, -0.05) is 60.2 Å². The Morgan fingerprint density at radius 2 is 1.48 bits per heavy atom. The Morgan fingerprint density at radius 1 is 0.840 bits per heavy atom. The van der Waals surface area contributed by atoms with Gasteiger partial charge in [0.05, 0.1) is 6.04 Å². The van der Waals surface area contributed by atoms with Crippen LogP contribution in [0.15, 0.2) is 72.8 Å². The first-order valence-corrected chi connectivity index (χ1v) is 7.92. The second-order valence-electron chi connectivity index (χ2n) is 5.86. The maximum atomic E-state index is 13.4. The summed E-state index contributed by atoms with van der Waals surface area (Å²) in [5.74, 6) is -2.48. The van der Waals surface area contributed by atoms with E-state index < -0.39 is 17.5 Å². The summed E-state index contributed by atoms with van der Waals surface area (Å²) in [4.78, 5) is 12.5. The van der Waals surface area contributed by atoms with Crippen molar-refractivity contribution in [3.8, 4) is 0 Å². The second-order valence-corrected chi connectivity index (χ2v) is 5.86. The lowest BCUT2D eigenvalue weighted by atomic mass is 9.97. The first-order valence-electron chi connectivity index (χ1n) is 7.92. The van der Waals surface area contributed by atoms with Gasteiger partial charge in [-0.05, 0) is 36.2 Å². The Hall–Kier alpha value is -3.01. The van der Waals surface area contributed by atoms with Crippen LogP contribution in [0, 0.1) is 18.6 Å². The zero-order chi connectivity index (χ0) is 17.8. The number of aryl methyl sites for hydroxylation is 1. The van der Waals surface area contributed by atoms with Crippen molar-refractivity contribution in [3.63, 3.8) is 0 Å². The summed E-state index contributed by atoms with van der Waals surface area (Å²) in [7, 11) is 0. The standard InChI is InChI=1S/C21H17F2NO/c1-14-7-9-16(10-8-14)20(15-5-3-2-4-6-15)24-21(25)17-11-12-18(22)19(23)13-17/h2-13,20H,1H3,(H,24,25). The van der Waals surface area contributed by atoms with Gasteiger partial charge < -0.3 is 5.32 Å². The number of halogens is 2. The van der Waals surface area contributed by atoms with Crippen LogP contribution in [0.4, 0.5) is 8.78 Å². The Bertz CT molecular complexity index is 876. The monoisotopic (exact) mass is 337 g/mol. The first-order chi connectivity index (χ1) is 12.0. The summed E-state index contributed by atoms with van der Waals surface area (Å²) in [6, 6.07) is 20.1. The smallest absolute Gasteiger partial charge is 0.252 e. The molecule has 0 aromatic heterocycles. The molecule has 0 radical (unpaired) electrons. The van der Waals surface area contributed by atoms with E-state index in [2.05, 4.69) is 5.32 Å². The van der Waals surface area contributed by atoms with Crippen LogP contribution in [0.25, 0.3) is 0 Å². The van der Waals surface area contributed by atoms with Gasteiger partial charge in [0.25, 0.3) is 5.91 Å². The molecule has 1 amide bonds. The molecule has 0 aliphatic carbocycles. The molecular formula is C21H17F2NO. The van der Waals surface area contributed by atoms with Gasteiger partial charge in [0.15, 0.2) is 11.6 Å². The van der Waals surface area contributed by atoms with Gasteiger partial charge in [-0.2, -0.15) is 0 Å². The van der Waals surface area contributed by atoms with Crippen LogP contribution in [-0.4, -0.2) is 5.91 Å². The first kappa shape index (κ1) is 16.8. The summed E-state index contributed by atoms with van der Waals surface area (Å²) in [5, 5.41) is 2.90. The molecule has 0 aliphatic heterocycles.